The number of nitriles is 2. The summed E-state index contributed by atoms with van der Waals surface area (Å²) in [7, 11) is 0. The fraction of sp³-hybridized carbons (Fsp3) is 0. The number of rotatable bonds is 4. The zero-order valence-electron chi connectivity index (χ0n) is 22.5. The number of fused-ring (bicyclic) bond motifs is 2. The largest absolute Gasteiger partial charge is 0.255 e. The quantitative estimate of drug-likeness (QED) is 0.211. The number of hydrogen-bond acceptors (Lipinski definition) is 4. The Labute approximate surface area is 243 Å². The molecule has 0 fully saturated rings. The van der Waals surface area contributed by atoms with Crippen molar-refractivity contribution in [2.24, 2.45) is 0 Å². The number of benzene rings is 5. The van der Waals surface area contributed by atoms with Crippen LogP contribution in [0.2, 0.25) is 0 Å². The van der Waals surface area contributed by atoms with Gasteiger partial charge >= 0.3 is 0 Å². The molecule has 7 rings (SSSR count). The summed E-state index contributed by atoms with van der Waals surface area (Å²) in [5.41, 5.74) is 9.45. The van der Waals surface area contributed by atoms with Crippen LogP contribution in [0.4, 0.5) is 0 Å². The van der Waals surface area contributed by atoms with Crippen molar-refractivity contribution in [1.82, 2.24) is 9.97 Å². The summed E-state index contributed by atoms with van der Waals surface area (Å²) in [6.45, 7) is 0. The van der Waals surface area contributed by atoms with Crippen LogP contribution < -0.4 is 0 Å². The third-order valence-electron chi connectivity index (χ3n) is 7.66. The molecule has 5 aromatic carbocycles. The molecule has 0 saturated carbocycles. The first-order valence-electron chi connectivity index (χ1n) is 13.6. The number of aromatic nitrogens is 2. The van der Waals surface area contributed by atoms with E-state index in [1.165, 1.54) is 32.7 Å². The van der Waals surface area contributed by atoms with Crippen LogP contribution in [0, 0.1) is 22.7 Å². The maximum Gasteiger partial charge on any atom is 0.101 e. The van der Waals surface area contributed by atoms with E-state index in [0.29, 0.717) is 11.1 Å². The lowest BCUT2D eigenvalue weighted by Gasteiger charge is -2.18. The second-order valence-corrected chi connectivity index (χ2v) is 10.1. The van der Waals surface area contributed by atoms with E-state index in [1.54, 1.807) is 24.5 Å². The second kappa shape index (κ2) is 10.5. The predicted molar refractivity (Wildman–Crippen MR) is 168 cm³/mol. The van der Waals surface area contributed by atoms with E-state index >= 15 is 0 Å². The minimum absolute atomic E-state index is 0.550. The minimum Gasteiger partial charge on any atom is -0.255 e. The monoisotopic (exact) mass is 534 g/mol. The Hall–Kier alpha value is -6.10. The zero-order valence-corrected chi connectivity index (χ0v) is 22.5. The van der Waals surface area contributed by atoms with Crippen LogP contribution in [0.15, 0.2) is 134 Å². The van der Waals surface area contributed by atoms with E-state index in [9.17, 15) is 0 Å². The molecule has 0 aliphatic rings. The molecule has 194 valence electrons. The highest BCUT2D eigenvalue weighted by Gasteiger charge is 2.16. The van der Waals surface area contributed by atoms with Gasteiger partial charge in [-0.05, 0) is 68.1 Å². The van der Waals surface area contributed by atoms with Gasteiger partial charge in [-0.15, -0.1) is 0 Å². The van der Waals surface area contributed by atoms with E-state index in [2.05, 4.69) is 119 Å². The lowest BCUT2D eigenvalue weighted by molar-refractivity contribution is 1.30. The molecule has 7 aromatic rings. The Morgan fingerprint density at radius 2 is 0.714 bits per heavy atom. The first kappa shape index (κ1) is 24.9. The van der Waals surface area contributed by atoms with Crippen LogP contribution in [0.5, 0.6) is 0 Å². The molecule has 0 atom stereocenters. The van der Waals surface area contributed by atoms with E-state index in [4.69, 9.17) is 10.5 Å². The van der Waals surface area contributed by atoms with Crippen molar-refractivity contribution in [3.63, 3.8) is 0 Å². The summed E-state index contributed by atoms with van der Waals surface area (Å²) >= 11 is 0. The van der Waals surface area contributed by atoms with E-state index < -0.39 is 0 Å². The van der Waals surface area contributed by atoms with Crippen molar-refractivity contribution in [2.75, 3.05) is 0 Å². The molecule has 0 amide bonds. The molecule has 0 radical (unpaired) electrons. The summed E-state index contributed by atoms with van der Waals surface area (Å²) in [5, 5.41) is 23.0. The van der Waals surface area contributed by atoms with Crippen LogP contribution in [-0.4, -0.2) is 9.97 Å². The van der Waals surface area contributed by atoms with Crippen molar-refractivity contribution in [3.05, 3.63) is 145 Å². The molecular weight excluding hydrogens is 512 g/mol. The normalized spacial score (nSPS) is 10.8. The minimum atomic E-state index is 0.550. The smallest absolute Gasteiger partial charge is 0.101 e. The maximum absolute atomic E-state index is 9.10. The Balaban J connectivity index is 1.36. The van der Waals surface area contributed by atoms with Crippen molar-refractivity contribution in [2.45, 2.75) is 0 Å². The lowest BCUT2D eigenvalue weighted by Crippen LogP contribution is -1.91. The van der Waals surface area contributed by atoms with Crippen LogP contribution >= 0.6 is 0 Å². The molecule has 0 aliphatic carbocycles. The van der Waals surface area contributed by atoms with Crippen LogP contribution in [0.1, 0.15) is 11.1 Å². The van der Waals surface area contributed by atoms with Gasteiger partial charge in [0.05, 0.1) is 22.5 Å². The van der Waals surface area contributed by atoms with Gasteiger partial charge in [0.15, 0.2) is 0 Å². The number of nitrogens with zero attached hydrogens (tertiary/aromatic N) is 4. The second-order valence-electron chi connectivity index (χ2n) is 10.1. The average Bonchev–Trinajstić information content (AvgIpc) is 3.07. The van der Waals surface area contributed by atoms with Crippen LogP contribution in [0.25, 0.3) is 66.3 Å². The molecule has 2 heterocycles. The Morgan fingerprint density at radius 1 is 0.381 bits per heavy atom. The number of hydrogen-bond donors (Lipinski definition) is 0. The first-order valence-corrected chi connectivity index (χ1v) is 13.6. The lowest BCUT2D eigenvalue weighted by atomic mass is 9.85. The summed E-state index contributed by atoms with van der Waals surface area (Å²) in [6.07, 6.45) is 3.22. The molecule has 42 heavy (non-hydrogen) atoms. The molecule has 0 N–H and O–H groups in total. The fourth-order valence-corrected chi connectivity index (χ4v) is 5.63. The van der Waals surface area contributed by atoms with Crippen LogP contribution in [-0.2, 0) is 0 Å². The molecular formula is C38H22N4. The highest BCUT2D eigenvalue weighted by molar-refractivity contribution is 6.21. The highest BCUT2D eigenvalue weighted by Crippen LogP contribution is 2.44. The van der Waals surface area contributed by atoms with Gasteiger partial charge in [0, 0.05) is 23.5 Å². The molecule has 4 nitrogen and oxygen atoms in total. The summed E-state index contributed by atoms with van der Waals surface area (Å²) in [5.74, 6) is 0. The maximum atomic E-state index is 9.10. The van der Waals surface area contributed by atoms with Crippen molar-refractivity contribution in [3.8, 4) is 56.9 Å². The predicted octanol–water partition coefficient (Wildman–Crippen LogP) is 9.19. The van der Waals surface area contributed by atoms with Gasteiger partial charge in [-0.2, -0.15) is 10.5 Å². The van der Waals surface area contributed by atoms with E-state index in [-0.39, 0.29) is 0 Å². The molecule has 0 unspecified atom stereocenters. The zero-order chi connectivity index (χ0) is 28.5. The standard InChI is InChI=1S/C38H22N4/c39-21-25-9-19-35(41-23-25)27-11-15-29(16-12-27)37-31-5-1-2-6-32(31)38(34-8-4-3-7-33(34)37)30-17-13-28(14-18-30)36-20-10-26(22-40)24-42-36/h1-20,23-24H. The Morgan fingerprint density at radius 3 is 1.00 bits per heavy atom. The Kier molecular flexibility index (Phi) is 6.21. The highest BCUT2D eigenvalue weighted by atomic mass is 14.7. The van der Waals surface area contributed by atoms with Gasteiger partial charge in [-0.1, -0.05) is 97.1 Å². The van der Waals surface area contributed by atoms with Crippen LogP contribution in [0.3, 0.4) is 0 Å². The topological polar surface area (TPSA) is 73.4 Å². The summed E-state index contributed by atoms with van der Waals surface area (Å²) < 4.78 is 0. The average molecular weight is 535 g/mol. The van der Waals surface area contributed by atoms with Crippen molar-refractivity contribution in [1.29, 1.82) is 10.5 Å². The molecule has 0 spiro atoms. The van der Waals surface area contributed by atoms with Gasteiger partial charge in [0.1, 0.15) is 12.1 Å². The third kappa shape index (κ3) is 4.34. The van der Waals surface area contributed by atoms with Gasteiger partial charge in [-0.25, -0.2) is 0 Å². The SMILES string of the molecule is N#Cc1ccc(-c2ccc(-c3c4ccccc4c(-c4ccc(-c5ccc(C#N)cn5)cc4)c4ccccc34)cc2)nc1. The molecule has 4 heteroatoms. The van der Waals surface area contributed by atoms with Gasteiger partial charge < -0.3 is 0 Å². The summed E-state index contributed by atoms with van der Waals surface area (Å²) in [6, 6.07) is 45.8. The molecule has 0 bridgehead atoms. The van der Waals surface area contributed by atoms with E-state index in [0.717, 1.165) is 33.6 Å². The van der Waals surface area contributed by atoms with Gasteiger partial charge in [-0.3, -0.25) is 9.97 Å². The molecule has 0 aliphatic heterocycles. The van der Waals surface area contributed by atoms with Gasteiger partial charge in [0.25, 0.3) is 0 Å². The first-order chi connectivity index (χ1) is 20.7. The fourth-order valence-electron chi connectivity index (χ4n) is 5.63. The Bertz CT molecular complexity index is 1950. The summed E-state index contributed by atoms with van der Waals surface area (Å²) in [4.78, 5) is 8.92. The van der Waals surface area contributed by atoms with Gasteiger partial charge in [0.2, 0.25) is 0 Å². The third-order valence-corrected chi connectivity index (χ3v) is 7.66. The van der Waals surface area contributed by atoms with Crippen molar-refractivity contribution >= 4 is 21.5 Å². The van der Waals surface area contributed by atoms with Crippen molar-refractivity contribution < 1.29 is 0 Å². The molecule has 2 aromatic heterocycles. The number of pyridine rings is 2. The molecule has 0 saturated heterocycles. The van der Waals surface area contributed by atoms with E-state index in [1.807, 2.05) is 12.1 Å².